The average molecular weight is 529 g/mol. The molecule has 0 heterocycles. The summed E-state index contributed by atoms with van der Waals surface area (Å²) >= 11 is 0. The molecule has 0 atom stereocenters. The van der Waals surface area contributed by atoms with E-state index in [0.29, 0.717) is 7.92 Å². The molecule has 3 heteroatoms. The number of azo groups is 1. The molecule has 220 valence electrons. The van der Waals surface area contributed by atoms with Crippen molar-refractivity contribution >= 4 is 13.6 Å². The second-order valence-corrected chi connectivity index (χ2v) is 8.95. The zero-order valence-electron chi connectivity index (χ0n) is 28.6. The molecule has 0 aliphatic heterocycles. The van der Waals surface area contributed by atoms with Gasteiger partial charge in [-0.15, -0.1) is 7.92 Å². The summed E-state index contributed by atoms with van der Waals surface area (Å²) in [6, 6.07) is 9.64. The topological polar surface area (TPSA) is 24.7 Å². The predicted molar refractivity (Wildman–Crippen MR) is 182 cm³/mol. The molecule has 1 aromatic carbocycles. The van der Waals surface area contributed by atoms with Crippen LogP contribution < -0.4 is 0 Å². The van der Waals surface area contributed by atoms with Crippen LogP contribution in [-0.4, -0.2) is 25.5 Å². The van der Waals surface area contributed by atoms with E-state index in [-0.39, 0.29) is 0 Å². The highest BCUT2D eigenvalue weighted by Gasteiger charge is 2.09. The SMILES string of the molecule is C=CC=C.CC.CC.CC.CC.CC.CC.CCP(CC(C)C)CC(C)C.CN=Nc1ccccc1. The molecule has 0 aromatic heterocycles. The molecule has 0 radical (unpaired) electrons. The molecule has 0 spiro atoms. The van der Waals surface area contributed by atoms with Gasteiger partial charge in [0.1, 0.15) is 0 Å². The number of hydrogen-bond acceptors (Lipinski definition) is 2. The highest BCUT2D eigenvalue weighted by Crippen LogP contribution is 2.38. The van der Waals surface area contributed by atoms with Crippen LogP contribution in [0.5, 0.6) is 0 Å². The minimum Gasteiger partial charge on any atom is -0.192 e. The average Bonchev–Trinajstić information content (AvgIpc) is 2.95. The summed E-state index contributed by atoms with van der Waals surface area (Å²) in [5.74, 6) is 1.81. The third-order valence-electron chi connectivity index (χ3n) is 2.83. The molecule has 0 unspecified atom stereocenters. The summed E-state index contributed by atoms with van der Waals surface area (Å²) in [6.45, 7) is 42.4. The van der Waals surface area contributed by atoms with E-state index in [2.05, 4.69) is 58.0 Å². The lowest BCUT2D eigenvalue weighted by atomic mass is 10.3. The van der Waals surface area contributed by atoms with Crippen molar-refractivity contribution in [3.05, 3.63) is 55.6 Å². The number of rotatable bonds is 7. The molecule has 0 saturated carbocycles. The van der Waals surface area contributed by atoms with E-state index in [0.717, 1.165) is 17.5 Å². The summed E-state index contributed by atoms with van der Waals surface area (Å²) in [6.07, 6.45) is 7.65. The van der Waals surface area contributed by atoms with Crippen LogP contribution in [0.3, 0.4) is 0 Å². The van der Waals surface area contributed by atoms with Gasteiger partial charge in [0, 0.05) is 7.05 Å². The van der Waals surface area contributed by atoms with Crippen molar-refractivity contribution in [3.8, 4) is 0 Å². The molecule has 36 heavy (non-hydrogen) atoms. The smallest absolute Gasteiger partial charge is 0.0852 e. The van der Waals surface area contributed by atoms with Gasteiger partial charge in [0.2, 0.25) is 0 Å². The normalized spacial score (nSPS) is 7.81. The van der Waals surface area contributed by atoms with Gasteiger partial charge < -0.3 is 0 Å². The Bertz CT molecular complexity index is 411. The Morgan fingerprint density at radius 1 is 0.667 bits per heavy atom. The maximum atomic E-state index is 3.83. The molecular weight excluding hydrogens is 455 g/mol. The Morgan fingerprint density at radius 3 is 1.17 bits per heavy atom. The lowest BCUT2D eigenvalue weighted by molar-refractivity contribution is 0.718. The van der Waals surface area contributed by atoms with E-state index < -0.39 is 0 Å². The lowest BCUT2D eigenvalue weighted by Gasteiger charge is -2.19. The van der Waals surface area contributed by atoms with E-state index >= 15 is 0 Å². The molecule has 0 amide bonds. The Kier molecular flexibility index (Phi) is 107. The zero-order chi connectivity index (χ0) is 30.8. The Balaban J connectivity index is -0.0000000468. The first-order chi connectivity index (χ1) is 17.4. The summed E-state index contributed by atoms with van der Waals surface area (Å²) in [4.78, 5) is 0. The molecule has 0 bridgehead atoms. The number of nitrogens with zero attached hydrogens (tertiary/aromatic N) is 2. The van der Waals surface area contributed by atoms with Gasteiger partial charge in [-0.25, -0.2) is 0 Å². The van der Waals surface area contributed by atoms with Crippen molar-refractivity contribution in [1.82, 2.24) is 0 Å². The minimum atomic E-state index is 0.363. The zero-order valence-corrected chi connectivity index (χ0v) is 29.5. The summed E-state index contributed by atoms with van der Waals surface area (Å²) in [5.41, 5.74) is 0.903. The Labute approximate surface area is 234 Å². The molecule has 0 aliphatic rings. The van der Waals surface area contributed by atoms with Gasteiger partial charge in [-0.3, -0.25) is 0 Å². The maximum absolute atomic E-state index is 3.83. The Hall–Kier alpha value is -1.27. The first-order valence-corrected chi connectivity index (χ1v) is 16.6. The fourth-order valence-electron chi connectivity index (χ4n) is 1.98. The third-order valence-corrected chi connectivity index (χ3v) is 6.22. The van der Waals surface area contributed by atoms with Crippen LogP contribution in [0.4, 0.5) is 5.69 Å². The van der Waals surface area contributed by atoms with E-state index in [4.69, 9.17) is 0 Å². The molecule has 1 aromatic rings. The van der Waals surface area contributed by atoms with Crippen LogP contribution in [0.1, 0.15) is 118 Å². The van der Waals surface area contributed by atoms with Gasteiger partial charge in [0.25, 0.3) is 0 Å². The molecule has 2 nitrogen and oxygen atoms in total. The fraction of sp³-hybridized carbons (Fsp3) is 0.697. The molecule has 0 aliphatic carbocycles. The minimum absolute atomic E-state index is 0.363. The standard InChI is InChI=1S/C10H23P.C7H8N2.C4H6.6C2H6/c1-6-11(7-9(2)3)8-10(4)5;1-8-9-7-5-3-2-4-6-7;1-3-4-2;6*1-2/h9-10H,6-8H2,1-5H3;2-6H,1H3;3-4H,1-2H2;6*1-2H3. The van der Waals surface area contributed by atoms with Crippen molar-refractivity contribution in [1.29, 1.82) is 0 Å². The second-order valence-electron chi connectivity index (χ2n) is 6.25. The van der Waals surface area contributed by atoms with E-state index in [1.54, 1.807) is 19.2 Å². The first kappa shape index (κ1) is 55.3. The fourth-order valence-corrected chi connectivity index (χ4v) is 4.71. The molecule has 0 N–H and O–H groups in total. The number of benzene rings is 1. The summed E-state index contributed by atoms with van der Waals surface area (Å²) < 4.78 is 0. The van der Waals surface area contributed by atoms with Crippen molar-refractivity contribution < 1.29 is 0 Å². The Morgan fingerprint density at radius 2 is 0.972 bits per heavy atom. The van der Waals surface area contributed by atoms with Crippen LogP contribution in [0.25, 0.3) is 0 Å². The van der Waals surface area contributed by atoms with Crippen molar-refractivity contribution in [2.75, 3.05) is 25.5 Å². The van der Waals surface area contributed by atoms with Gasteiger partial charge in [0.05, 0.1) is 5.69 Å². The number of hydrogen-bond donors (Lipinski definition) is 0. The summed E-state index contributed by atoms with van der Waals surface area (Å²) in [5, 5.41) is 7.46. The van der Waals surface area contributed by atoms with Gasteiger partial charge in [-0.2, -0.15) is 10.2 Å². The van der Waals surface area contributed by atoms with Crippen molar-refractivity contribution in [2.45, 2.75) is 118 Å². The highest BCUT2D eigenvalue weighted by atomic mass is 31.1. The molecule has 0 saturated heterocycles. The summed E-state index contributed by atoms with van der Waals surface area (Å²) in [7, 11) is 2.02. The predicted octanol–water partition coefficient (Wildman–Crippen LogP) is 13.7. The van der Waals surface area contributed by atoms with Crippen LogP contribution in [0.15, 0.2) is 65.9 Å². The van der Waals surface area contributed by atoms with Gasteiger partial charge in [-0.05, 0) is 42.5 Å². The van der Waals surface area contributed by atoms with Gasteiger partial charge in [-0.1, -0.05) is 161 Å². The van der Waals surface area contributed by atoms with E-state index in [1.807, 2.05) is 113 Å². The van der Waals surface area contributed by atoms with E-state index in [1.165, 1.54) is 18.5 Å². The van der Waals surface area contributed by atoms with Crippen LogP contribution in [0.2, 0.25) is 0 Å². The van der Waals surface area contributed by atoms with Gasteiger partial charge in [0.15, 0.2) is 0 Å². The monoisotopic (exact) mass is 529 g/mol. The second kappa shape index (κ2) is 69.9. The third kappa shape index (κ3) is 76.7. The van der Waals surface area contributed by atoms with Crippen molar-refractivity contribution in [2.24, 2.45) is 22.1 Å². The first-order valence-electron chi connectivity index (χ1n) is 14.7. The van der Waals surface area contributed by atoms with Crippen LogP contribution >= 0.6 is 7.92 Å². The quantitative estimate of drug-likeness (QED) is 0.191. The largest absolute Gasteiger partial charge is 0.192 e. The van der Waals surface area contributed by atoms with E-state index in [9.17, 15) is 0 Å². The molecule has 1 rings (SSSR count). The van der Waals surface area contributed by atoms with Crippen molar-refractivity contribution in [3.63, 3.8) is 0 Å². The van der Waals surface area contributed by atoms with Gasteiger partial charge >= 0.3 is 0 Å². The highest BCUT2D eigenvalue weighted by molar-refractivity contribution is 7.57. The number of allylic oxidation sites excluding steroid dienone is 2. The lowest BCUT2D eigenvalue weighted by Crippen LogP contribution is -2.03. The van der Waals surface area contributed by atoms with Crippen LogP contribution in [0, 0.1) is 11.8 Å². The maximum Gasteiger partial charge on any atom is 0.0852 e. The molecule has 0 fully saturated rings. The van der Waals surface area contributed by atoms with Crippen LogP contribution in [-0.2, 0) is 0 Å². The molecular formula is C33H73N2P.